The molecule has 0 aliphatic rings. The van der Waals surface area contributed by atoms with Crippen LogP contribution in [0.2, 0.25) is 0 Å². The summed E-state index contributed by atoms with van der Waals surface area (Å²) in [5.41, 5.74) is 5.21. The van der Waals surface area contributed by atoms with Crippen LogP contribution < -0.4 is 0 Å². The molecule has 10 rings (SSSR count). The van der Waals surface area contributed by atoms with Gasteiger partial charge in [0.1, 0.15) is 0 Å². The molecule has 0 atom stereocenters. The lowest BCUT2D eigenvalue weighted by Crippen LogP contribution is -1.90. The first kappa shape index (κ1) is 23.7. The Balaban J connectivity index is 1.29. The van der Waals surface area contributed by atoms with Crippen LogP contribution >= 0.6 is 0 Å². The number of aromatic nitrogens is 2. The summed E-state index contributed by atoms with van der Waals surface area (Å²) in [4.78, 5) is 9.67. The van der Waals surface area contributed by atoms with Gasteiger partial charge in [0.05, 0.1) is 11.2 Å². The topological polar surface area (TPSA) is 25.8 Å². The Morgan fingerprint density at radius 1 is 0.318 bits per heavy atom. The molecular formula is C42H24N2. The molecule has 2 aromatic heterocycles. The molecule has 0 radical (unpaired) electrons. The molecule has 10 aromatic rings. The van der Waals surface area contributed by atoms with E-state index in [1.807, 2.05) is 24.5 Å². The van der Waals surface area contributed by atoms with Gasteiger partial charge in [0.2, 0.25) is 0 Å². The molecule has 2 heteroatoms. The number of nitrogens with zero attached hydrogens (tertiary/aromatic N) is 2. The summed E-state index contributed by atoms with van der Waals surface area (Å²) >= 11 is 0. The minimum Gasteiger partial charge on any atom is -0.256 e. The predicted octanol–water partition coefficient (Wildman–Crippen LogP) is 11.3. The van der Waals surface area contributed by atoms with Crippen molar-refractivity contribution in [2.45, 2.75) is 0 Å². The summed E-state index contributed by atoms with van der Waals surface area (Å²) in [7, 11) is 0. The highest BCUT2D eigenvalue weighted by atomic mass is 14.7. The van der Waals surface area contributed by atoms with Crippen LogP contribution in [-0.2, 0) is 0 Å². The third-order valence-corrected chi connectivity index (χ3v) is 9.41. The van der Waals surface area contributed by atoms with Crippen molar-refractivity contribution in [2.75, 3.05) is 0 Å². The Labute approximate surface area is 253 Å². The fourth-order valence-corrected chi connectivity index (χ4v) is 7.40. The molecule has 2 heterocycles. The van der Waals surface area contributed by atoms with Crippen molar-refractivity contribution in [1.82, 2.24) is 9.97 Å². The number of benzene rings is 7. The number of hydrogen-bond donors (Lipinski definition) is 0. The Morgan fingerprint density at radius 2 is 0.864 bits per heavy atom. The quantitative estimate of drug-likeness (QED) is 0.198. The summed E-state index contributed by atoms with van der Waals surface area (Å²) < 4.78 is 0. The second-order valence-electron chi connectivity index (χ2n) is 11.8. The largest absolute Gasteiger partial charge is 0.256 e. The van der Waals surface area contributed by atoms with Gasteiger partial charge in [-0.25, -0.2) is 0 Å². The smallest absolute Gasteiger partial charge is 0.0702 e. The molecule has 2 nitrogen and oxygen atoms in total. The van der Waals surface area contributed by atoms with Crippen molar-refractivity contribution >= 4 is 75.5 Å². The van der Waals surface area contributed by atoms with Crippen LogP contribution in [0, 0.1) is 0 Å². The molecule has 44 heavy (non-hydrogen) atoms. The van der Waals surface area contributed by atoms with Crippen LogP contribution in [0.4, 0.5) is 0 Å². The zero-order chi connectivity index (χ0) is 28.8. The van der Waals surface area contributed by atoms with E-state index in [-0.39, 0.29) is 0 Å². The number of para-hydroxylation sites is 1. The van der Waals surface area contributed by atoms with Crippen LogP contribution in [0.3, 0.4) is 0 Å². The molecule has 0 N–H and O–H groups in total. The molecule has 0 bridgehead atoms. The highest BCUT2D eigenvalue weighted by Crippen LogP contribution is 2.44. The molecule has 8 aromatic carbocycles. The van der Waals surface area contributed by atoms with Crippen molar-refractivity contribution in [1.29, 1.82) is 0 Å². The SMILES string of the molecule is c1ccc2ncc(-c3ccc(-c4cc5ccc6cccc7c8cccc9ccc%10cccc(c(c4)c5c67)c%10c98)nc3)cc2c1. The van der Waals surface area contributed by atoms with Crippen LogP contribution in [-0.4, -0.2) is 9.97 Å². The van der Waals surface area contributed by atoms with E-state index in [1.165, 1.54) is 64.6 Å². The van der Waals surface area contributed by atoms with Crippen LogP contribution in [0.15, 0.2) is 146 Å². The zero-order valence-corrected chi connectivity index (χ0v) is 23.8. The van der Waals surface area contributed by atoms with Gasteiger partial charge in [-0.2, -0.15) is 0 Å². The second kappa shape index (κ2) is 8.82. The molecule has 0 aliphatic heterocycles. The molecule has 202 valence electrons. The van der Waals surface area contributed by atoms with Gasteiger partial charge >= 0.3 is 0 Å². The van der Waals surface area contributed by atoms with Crippen molar-refractivity contribution in [2.24, 2.45) is 0 Å². The van der Waals surface area contributed by atoms with Gasteiger partial charge in [0.25, 0.3) is 0 Å². The zero-order valence-electron chi connectivity index (χ0n) is 23.8. The molecule has 0 saturated heterocycles. The molecule has 0 amide bonds. The summed E-state index contributed by atoms with van der Waals surface area (Å²) in [6.45, 7) is 0. The van der Waals surface area contributed by atoms with E-state index in [1.54, 1.807) is 0 Å². The number of fused-ring (bicyclic) bond motifs is 3. The predicted molar refractivity (Wildman–Crippen MR) is 187 cm³/mol. The van der Waals surface area contributed by atoms with Gasteiger partial charge in [-0.3, -0.25) is 9.97 Å². The fourth-order valence-electron chi connectivity index (χ4n) is 7.40. The Bertz CT molecular complexity index is 2750. The summed E-state index contributed by atoms with van der Waals surface area (Å²) in [5.74, 6) is 0. The molecule has 0 aliphatic carbocycles. The summed E-state index contributed by atoms with van der Waals surface area (Å²) in [5, 5.41) is 16.5. The van der Waals surface area contributed by atoms with E-state index in [2.05, 4.69) is 126 Å². The van der Waals surface area contributed by atoms with E-state index < -0.39 is 0 Å². The first-order valence-corrected chi connectivity index (χ1v) is 15.1. The van der Waals surface area contributed by atoms with Crippen molar-refractivity contribution in [3.8, 4) is 22.4 Å². The van der Waals surface area contributed by atoms with Crippen LogP contribution in [0.25, 0.3) is 97.9 Å². The number of pyridine rings is 2. The molecule has 0 saturated carbocycles. The van der Waals surface area contributed by atoms with E-state index in [9.17, 15) is 0 Å². The number of hydrogen-bond acceptors (Lipinski definition) is 2. The second-order valence-corrected chi connectivity index (χ2v) is 11.8. The standard InChI is InChI=1S/C42H24N2/c1-2-13-37-28(6-1)20-32(24-44-37)30-18-19-38(43-23-30)31-21-29-17-16-27-8-4-11-34-33-10-3-7-25-14-15-26-9-5-12-35(41(26)39(25)33)36(22-31)42(29)40(27)34/h1-24H. The van der Waals surface area contributed by atoms with E-state index in [0.29, 0.717) is 0 Å². The third-order valence-electron chi connectivity index (χ3n) is 9.41. The maximum Gasteiger partial charge on any atom is 0.0702 e. The minimum atomic E-state index is 0.960. The maximum absolute atomic E-state index is 5.00. The lowest BCUT2D eigenvalue weighted by atomic mass is 9.87. The van der Waals surface area contributed by atoms with Gasteiger partial charge in [-0.15, -0.1) is 0 Å². The minimum absolute atomic E-state index is 0.960. The summed E-state index contributed by atoms with van der Waals surface area (Å²) in [6.07, 6.45) is 3.91. The van der Waals surface area contributed by atoms with Crippen molar-refractivity contribution in [3.63, 3.8) is 0 Å². The lowest BCUT2D eigenvalue weighted by molar-refractivity contribution is 1.32. The van der Waals surface area contributed by atoms with Gasteiger partial charge in [0.15, 0.2) is 0 Å². The van der Waals surface area contributed by atoms with Crippen molar-refractivity contribution < 1.29 is 0 Å². The average molecular weight is 557 g/mol. The van der Waals surface area contributed by atoms with Crippen LogP contribution in [0.5, 0.6) is 0 Å². The monoisotopic (exact) mass is 556 g/mol. The average Bonchev–Trinajstić information content (AvgIpc) is 3.09. The molecule has 0 spiro atoms. The van der Waals surface area contributed by atoms with Crippen molar-refractivity contribution in [3.05, 3.63) is 146 Å². The molecule has 0 unspecified atom stereocenters. The first-order valence-electron chi connectivity index (χ1n) is 15.1. The Kier molecular flexibility index (Phi) is 4.75. The van der Waals surface area contributed by atoms with Crippen LogP contribution in [0.1, 0.15) is 0 Å². The highest BCUT2D eigenvalue weighted by molar-refractivity contribution is 6.37. The molecule has 0 fully saturated rings. The van der Waals surface area contributed by atoms with Gasteiger partial charge < -0.3 is 0 Å². The van der Waals surface area contributed by atoms with Gasteiger partial charge in [-0.1, -0.05) is 103 Å². The normalized spacial score (nSPS) is 12.1. The van der Waals surface area contributed by atoms with Gasteiger partial charge in [-0.05, 0) is 95.0 Å². The highest BCUT2D eigenvalue weighted by Gasteiger charge is 2.16. The van der Waals surface area contributed by atoms with E-state index in [4.69, 9.17) is 4.98 Å². The first-order chi connectivity index (χ1) is 21.8. The number of rotatable bonds is 2. The molecular weight excluding hydrogens is 532 g/mol. The van der Waals surface area contributed by atoms with Gasteiger partial charge in [0, 0.05) is 34.5 Å². The lowest BCUT2D eigenvalue weighted by Gasteiger charge is -2.17. The summed E-state index contributed by atoms with van der Waals surface area (Å²) in [6, 6.07) is 48.7. The Morgan fingerprint density at radius 3 is 1.52 bits per heavy atom. The maximum atomic E-state index is 5.00. The third kappa shape index (κ3) is 3.31. The van der Waals surface area contributed by atoms with E-state index >= 15 is 0 Å². The fraction of sp³-hybridized carbons (Fsp3) is 0. The Hall–Kier alpha value is -5.86. The van der Waals surface area contributed by atoms with E-state index in [0.717, 1.165) is 33.3 Å².